The minimum atomic E-state index is -0.539. The van der Waals surface area contributed by atoms with E-state index in [1.165, 1.54) is 0 Å². The second kappa shape index (κ2) is 5.97. The van der Waals surface area contributed by atoms with Crippen molar-refractivity contribution in [2.24, 2.45) is 5.92 Å². The van der Waals surface area contributed by atoms with Crippen molar-refractivity contribution in [2.75, 3.05) is 6.54 Å². The maximum Gasteiger partial charge on any atom is 0.315 e. The monoisotopic (exact) mass is 297 g/mol. The number of carbonyl (C=O) groups excluding carboxylic acids is 1. The van der Waals surface area contributed by atoms with Crippen molar-refractivity contribution in [1.82, 2.24) is 0 Å². The first-order valence-electron chi connectivity index (χ1n) is 7.11. The lowest BCUT2D eigenvalue weighted by Gasteiger charge is -2.28. The van der Waals surface area contributed by atoms with E-state index in [4.69, 9.17) is 4.74 Å². The number of fused-ring (bicyclic) bond motifs is 1. The first kappa shape index (κ1) is 14.3. The number of hydrogen-bond acceptors (Lipinski definition) is 4. The van der Waals surface area contributed by atoms with Gasteiger partial charge in [-0.1, -0.05) is 48.5 Å². The van der Waals surface area contributed by atoms with Gasteiger partial charge in [0.05, 0.1) is 11.8 Å². The predicted octanol–water partition coefficient (Wildman–Crippen LogP) is 2.82. The average Bonchev–Trinajstić information content (AvgIpc) is 2.53. The quantitative estimate of drug-likeness (QED) is 0.376. The summed E-state index contributed by atoms with van der Waals surface area (Å²) in [5.41, 5.74) is 1.71. The third-order valence-electron chi connectivity index (χ3n) is 3.98. The number of nitrogens with zero attached hydrogens (tertiary/aromatic N) is 1. The molecular formula is C17H15NO4. The number of ether oxygens (including phenoxy) is 1. The fourth-order valence-corrected chi connectivity index (χ4v) is 2.91. The molecule has 0 saturated carbocycles. The highest BCUT2D eigenvalue weighted by Crippen LogP contribution is 2.35. The van der Waals surface area contributed by atoms with Crippen LogP contribution in [0, 0.1) is 16.0 Å². The van der Waals surface area contributed by atoms with Gasteiger partial charge in [0.15, 0.2) is 0 Å². The Balaban J connectivity index is 1.95. The summed E-state index contributed by atoms with van der Waals surface area (Å²) in [5.74, 6) is -0.870. The molecule has 0 spiro atoms. The molecule has 1 heterocycles. The minimum absolute atomic E-state index is 0.286. The van der Waals surface area contributed by atoms with Gasteiger partial charge in [-0.15, -0.1) is 0 Å². The van der Waals surface area contributed by atoms with Gasteiger partial charge in [0.1, 0.15) is 5.75 Å². The lowest BCUT2D eigenvalue weighted by atomic mass is 9.81. The number of rotatable bonds is 4. The molecule has 1 aliphatic rings. The van der Waals surface area contributed by atoms with E-state index in [-0.39, 0.29) is 11.5 Å². The summed E-state index contributed by atoms with van der Waals surface area (Å²) in [7, 11) is 0. The number of benzene rings is 2. The van der Waals surface area contributed by atoms with Crippen molar-refractivity contribution in [1.29, 1.82) is 0 Å². The topological polar surface area (TPSA) is 69.4 Å². The number of nitro groups is 1. The van der Waals surface area contributed by atoms with Gasteiger partial charge in [-0.25, -0.2) is 0 Å². The van der Waals surface area contributed by atoms with E-state index in [1.54, 1.807) is 12.1 Å². The Labute approximate surface area is 127 Å². The maximum atomic E-state index is 12.3. The maximum absolute atomic E-state index is 12.3. The summed E-state index contributed by atoms with van der Waals surface area (Å²) in [5, 5.41) is 11.0. The van der Waals surface area contributed by atoms with Gasteiger partial charge in [-0.2, -0.15) is 0 Å². The Kier molecular flexibility index (Phi) is 3.87. The molecule has 0 fully saturated rings. The van der Waals surface area contributed by atoms with Crippen molar-refractivity contribution in [3.8, 4) is 5.75 Å². The van der Waals surface area contributed by atoms with Crippen LogP contribution in [0.15, 0.2) is 54.6 Å². The average molecular weight is 297 g/mol. The van der Waals surface area contributed by atoms with Crippen LogP contribution in [-0.2, 0) is 11.2 Å². The molecular weight excluding hydrogens is 282 g/mol. The Morgan fingerprint density at radius 2 is 1.82 bits per heavy atom. The highest BCUT2D eigenvalue weighted by atomic mass is 16.6. The molecule has 3 rings (SSSR count). The van der Waals surface area contributed by atoms with Crippen molar-refractivity contribution in [3.05, 3.63) is 75.8 Å². The molecule has 1 aliphatic heterocycles. The molecule has 0 bridgehead atoms. The first-order valence-corrected chi connectivity index (χ1v) is 7.11. The van der Waals surface area contributed by atoms with Crippen molar-refractivity contribution >= 4 is 5.97 Å². The number of carbonyl (C=O) groups is 1. The summed E-state index contributed by atoms with van der Waals surface area (Å²) < 4.78 is 5.37. The number of hydrogen-bond donors (Lipinski definition) is 0. The molecule has 0 amide bonds. The summed E-state index contributed by atoms with van der Waals surface area (Å²) in [4.78, 5) is 23.0. The third kappa shape index (κ3) is 2.83. The van der Waals surface area contributed by atoms with Crippen LogP contribution in [0.3, 0.4) is 0 Å². The van der Waals surface area contributed by atoms with Crippen LogP contribution in [0.25, 0.3) is 0 Å². The molecule has 0 saturated heterocycles. The molecule has 22 heavy (non-hydrogen) atoms. The van der Waals surface area contributed by atoms with Crippen LogP contribution in [0.5, 0.6) is 5.75 Å². The van der Waals surface area contributed by atoms with E-state index in [9.17, 15) is 14.9 Å². The Morgan fingerprint density at radius 1 is 1.14 bits per heavy atom. The smallest absolute Gasteiger partial charge is 0.315 e. The van der Waals surface area contributed by atoms with Gasteiger partial charge in [-0.3, -0.25) is 14.9 Å². The molecule has 0 N–H and O–H groups in total. The van der Waals surface area contributed by atoms with Crippen LogP contribution in [0.2, 0.25) is 0 Å². The molecule has 2 atom stereocenters. The highest BCUT2D eigenvalue weighted by molar-refractivity contribution is 5.79. The minimum Gasteiger partial charge on any atom is -0.426 e. The van der Waals surface area contributed by atoms with E-state index in [0.29, 0.717) is 12.2 Å². The van der Waals surface area contributed by atoms with Crippen LogP contribution in [0.4, 0.5) is 0 Å². The first-order chi connectivity index (χ1) is 10.6. The normalized spacial score (nSPS) is 18.2. The van der Waals surface area contributed by atoms with Crippen LogP contribution < -0.4 is 4.74 Å². The molecule has 2 aromatic rings. The number of para-hydroxylation sites is 1. The van der Waals surface area contributed by atoms with Crippen molar-refractivity contribution in [2.45, 2.75) is 12.3 Å². The molecule has 0 unspecified atom stereocenters. The molecule has 2 aromatic carbocycles. The summed E-state index contributed by atoms with van der Waals surface area (Å²) in [6.07, 6.45) is 0.461. The summed E-state index contributed by atoms with van der Waals surface area (Å²) in [6.45, 7) is -0.286. The predicted molar refractivity (Wildman–Crippen MR) is 80.3 cm³/mol. The molecule has 0 radical (unpaired) electrons. The van der Waals surface area contributed by atoms with E-state index in [2.05, 4.69) is 0 Å². The Bertz CT molecular complexity index is 699. The molecule has 0 aromatic heterocycles. The van der Waals surface area contributed by atoms with Gasteiger partial charge < -0.3 is 4.74 Å². The second-order valence-electron chi connectivity index (χ2n) is 5.37. The van der Waals surface area contributed by atoms with E-state index >= 15 is 0 Å². The molecule has 0 aliphatic carbocycles. The standard InChI is InChI=1S/C17H15NO4/c19-17-14(10-13-8-4-5-9-16(13)22-17)15(11-18(20)21)12-6-2-1-3-7-12/h1-9,14-15H,10-11H2/t14-,15-/m1/s1. The van der Waals surface area contributed by atoms with Gasteiger partial charge in [0.2, 0.25) is 6.54 Å². The van der Waals surface area contributed by atoms with E-state index in [0.717, 1.165) is 11.1 Å². The largest absolute Gasteiger partial charge is 0.426 e. The van der Waals surface area contributed by atoms with Gasteiger partial charge >= 0.3 is 5.97 Å². The summed E-state index contributed by atoms with van der Waals surface area (Å²) >= 11 is 0. The van der Waals surface area contributed by atoms with Gasteiger partial charge in [0, 0.05) is 4.92 Å². The van der Waals surface area contributed by atoms with E-state index < -0.39 is 17.8 Å². The van der Waals surface area contributed by atoms with Crippen molar-refractivity contribution < 1.29 is 14.5 Å². The van der Waals surface area contributed by atoms with Crippen LogP contribution >= 0.6 is 0 Å². The summed E-state index contributed by atoms with van der Waals surface area (Å²) in [6, 6.07) is 16.5. The zero-order chi connectivity index (χ0) is 15.5. The van der Waals surface area contributed by atoms with Crippen LogP contribution in [0.1, 0.15) is 17.0 Å². The van der Waals surface area contributed by atoms with Gasteiger partial charge in [0.25, 0.3) is 0 Å². The SMILES string of the molecule is O=C1Oc2ccccc2C[C@@H]1[C@H](C[N+](=O)[O-])c1ccccc1. The van der Waals surface area contributed by atoms with Crippen molar-refractivity contribution in [3.63, 3.8) is 0 Å². The Morgan fingerprint density at radius 3 is 2.55 bits per heavy atom. The zero-order valence-electron chi connectivity index (χ0n) is 11.8. The molecule has 5 heteroatoms. The molecule has 112 valence electrons. The van der Waals surface area contributed by atoms with E-state index in [1.807, 2.05) is 42.5 Å². The lowest BCUT2D eigenvalue weighted by molar-refractivity contribution is -0.484. The zero-order valence-corrected chi connectivity index (χ0v) is 11.8. The molecule has 5 nitrogen and oxygen atoms in total. The Hall–Kier alpha value is -2.69. The fourth-order valence-electron chi connectivity index (χ4n) is 2.91. The lowest BCUT2D eigenvalue weighted by Crippen LogP contribution is -2.35. The third-order valence-corrected chi connectivity index (χ3v) is 3.98. The fraction of sp³-hybridized carbons (Fsp3) is 0.235. The van der Waals surface area contributed by atoms with Gasteiger partial charge in [-0.05, 0) is 23.6 Å². The number of esters is 1. The van der Waals surface area contributed by atoms with Crippen LogP contribution in [-0.4, -0.2) is 17.4 Å². The highest BCUT2D eigenvalue weighted by Gasteiger charge is 2.38. The second-order valence-corrected chi connectivity index (χ2v) is 5.37.